The van der Waals surface area contributed by atoms with E-state index in [2.05, 4.69) is 60.6 Å². The molecule has 1 heterocycles. The van der Waals surface area contributed by atoms with E-state index in [1.807, 2.05) is 0 Å². The molecule has 3 rings (SSSR count). The van der Waals surface area contributed by atoms with E-state index in [-0.39, 0.29) is 29.5 Å². The molecule has 0 unspecified atom stereocenters. The van der Waals surface area contributed by atoms with Crippen LogP contribution in [-0.2, 0) is 13.0 Å². The van der Waals surface area contributed by atoms with Gasteiger partial charge in [0, 0.05) is 31.2 Å². The maximum atomic E-state index is 4.85. The molecule has 1 aliphatic heterocycles. The molecule has 5 heteroatoms. The number of nitrogens with zero attached hydrogens (tertiary/aromatic N) is 2. The van der Waals surface area contributed by atoms with E-state index in [9.17, 15) is 0 Å². The number of aliphatic imine (C=N–C) groups is 1. The number of halogens is 1. The number of hydrogen-bond donors (Lipinski definition) is 2. The van der Waals surface area contributed by atoms with E-state index in [0.717, 1.165) is 38.6 Å². The average Bonchev–Trinajstić information content (AvgIpc) is 3.36. The molecule has 134 valence electrons. The molecule has 0 atom stereocenters. The minimum absolute atomic E-state index is 0. The van der Waals surface area contributed by atoms with Crippen molar-refractivity contribution in [2.45, 2.75) is 58.2 Å². The van der Waals surface area contributed by atoms with Crippen molar-refractivity contribution >= 4 is 29.9 Å². The Balaban J connectivity index is 0.00000208. The van der Waals surface area contributed by atoms with Crippen molar-refractivity contribution in [2.24, 2.45) is 4.99 Å². The van der Waals surface area contributed by atoms with Crippen molar-refractivity contribution in [1.82, 2.24) is 15.5 Å². The lowest BCUT2D eigenvalue weighted by Gasteiger charge is -2.40. The SMILES string of the molecule is CCNC(=NCC(C)(C)N1CCc2ccccc2C1)NC1CC1.I. The van der Waals surface area contributed by atoms with Gasteiger partial charge in [0.2, 0.25) is 0 Å². The molecule has 2 aliphatic rings. The first-order valence-electron chi connectivity index (χ1n) is 8.95. The molecule has 1 aliphatic carbocycles. The van der Waals surface area contributed by atoms with Crippen LogP contribution in [0.25, 0.3) is 0 Å². The molecule has 1 fully saturated rings. The Hall–Kier alpha value is -0.820. The van der Waals surface area contributed by atoms with Gasteiger partial charge in [-0.15, -0.1) is 24.0 Å². The van der Waals surface area contributed by atoms with E-state index in [1.54, 1.807) is 0 Å². The van der Waals surface area contributed by atoms with E-state index in [0.29, 0.717) is 6.04 Å². The van der Waals surface area contributed by atoms with Gasteiger partial charge in [-0.3, -0.25) is 9.89 Å². The predicted octanol–water partition coefficient (Wildman–Crippen LogP) is 3.16. The number of benzene rings is 1. The summed E-state index contributed by atoms with van der Waals surface area (Å²) in [6.45, 7) is 10.6. The van der Waals surface area contributed by atoms with Crippen LogP contribution < -0.4 is 10.6 Å². The summed E-state index contributed by atoms with van der Waals surface area (Å²) < 4.78 is 0. The highest BCUT2D eigenvalue weighted by molar-refractivity contribution is 14.0. The molecular formula is C19H31IN4. The van der Waals surface area contributed by atoms with Gasteiger partial charge in [0.15, 0.2) is 5.96 Å². The number of guanidine groups is 1. The van der Waals surface area contributed by atoms with Crippen molar-refractivity contribution in [1.29, 1.82) is 0 Å². The molecule has 0 radical (unpaired) electrons. The summed E-state index contributed by atoms with van der Waals surface area (Å²) in [6.07, 6.45) is 3.69. The first-order valence-corrected chi connectivity index (χ1v) is 8.95. The minimum atomic E-state index is 0. The maximum Gasteiger partial charge on any atom is 0.191 e. The van der Waals surface area contributed by atoms with Crippen molar-refractivity contribution in [2.75, 3.05) is 19.6 Å². The van der Waals surface area contributed by atoms with Gasteiger partial charge in [0.1, 0.15) is 0 Å². The van der Waals surface area contributed by atoms with Crippen LogP contribution in [0.15, 0.2) is 29.3 Å². The smallest absolute Gasteiger partial charge is 0.191 e. The minimum Gasteiger partial charge on any atom is -0.357 e. The molecule has 4 nitrogen and oxygen atoms in total. The Morgan fingerprint density at radius 2 is 1.96 bits per heavy atom. The molecule has 1 saturated carbocycles. The third-order valence-corrected chi connectivity index (χ3v) is 4.87. The molecule has 1 aromatic carbocycles. The zero-order valence-corrected chi connectivity index (χ0v) is 17.5. The second-order valence-corrected chi connectivity index (χ2v) is 7.37. The van der Waals surface area contributed by atoms with Gasteiger partial charge >= 0.3 is 0 Å². The van der Waals surface area contributed by atoms with Gasteiger partial charge in [-0.05, 0) is 51.2 Å². The van der Waals surface area contributed by atoms with E-state index < -0.39 is 0 Å². The molecule has 0 spiro atoms. The van der Waals surface area contributed by atoms with E-state index in [4.69, 9.17) is 4.99 Å². The summed E-state index contributed by atoms with van der Waals surface area (Å²) in [7, 11) is 0. The number of nitrogens with one attached hydrogen (secondary N) is 2. The quantitative estimate of drug-likeness (QED) is 0.418. The lowest BCUT2D eigenvalue weighted by Crippen LogP contribution is -2.49. The molecule has 2 N–H and O–H groups in total. The first kappa shape index (κ1) is 19.5. The summed E-state index contributed by atoms with van der Waals surface area (Å²) >= 11 is 0. The number of fused-ring (bicyclic) bond motifs is 1. The molecule has 0 aromatic heterocycles. The Labute approximate surface area is 163 Å². The topological polar surface area (TPSA) is 39.7 Å². The van der Waals surface area contributed by atoms with Gasteiger partial charge in [0.05, 0.1) is 6.54 Å². The van der Waals surface area contributed by atoms with Crippen LogP contribution in [0.3, 0.4) is 0 Å². The van der Waals surface area contributed by atoms with Crippen LogP contribution in [0.4, 0.5) is 0 Å². The largest absolute Gasteiger partial charge is 0.357 e. The molecular weight excluding hydrogens is 411 g/mol. The molecule has 0 amide bonds. The Morgan fingerprint density at radius 3 is 2.62 bits per heavy atom. The van der Waals surface area contributed by atoms with Crippen molar-refractivity contribution in [3.8, 4) is 0 Å². The highest BCUT2D eigenvalue weighted by atomic mass is 127. The Kier molecular flexibility index (Phi) is 6.92. The van der Waals surface area contributed by atoms with Gasteiger partial charge in [0.25, 0.3) is 0 Å². The lowest BCUT2D eigenvalue weighted by atomic mass is 9.94. The lowest BCUT2D eigenvalue weighted by molar-refractivity contribution is 0.111. The summed E-state index contributed by atoms with van der Waals surface area (Å²) in [4.78, 5) is 7.42. The Morgan fingerprint density at radius 1 is 1.25 bits per heavy atom. The van der Waals surface area contributed by atoms with Gasteiger partial charge < -0.3 is 10.6 Å². The zero-order chi connectivity index (χ0) is 16.3. The monoisotopic (exact) mass is 442 g/mol. The van der Waals surface area contributed by atoms with Crippen molar-refractivity contribution in [3.63, 3.8) is 0 Å². The molecule has 0 bridgehead atoms. The van der Waals surface area contributed by atoms with Crippen molar-refractivity contribution < 1.29 is 0 Å². The van der Waals surface area contributed by atoms with Crippen LogP contribution in [-0.4, -0.2) is 42.1 Å². The fourth-order valence-electron chi connectivity index (χ4n) is 3.13. The van der Waals surface area contributed by atoms with Gasteiger partial charge in [-0.25, -0.2) is 0 Å². The van der Waals surface area contributed by atoms with E-state index in [1.165, 1.54) is 24.0 Å². The summed E-state index contributed by atoms with van der Waals surface area (Å²) in [5.41, 5.74) is 3.05. The second kappa shape index (κ2) is 8.52. The summed E-state index contributed by atoms with van der Waals surface area (Å²) in [5.74, 6) is 0.973. The average molecular weight is 442 g/mol. The fourth-order valence-corrected chi connectivity index (χ4v) is 3.13. The maximum absolute atomic E-state index is 4.85. The third kappa shape index (κ3) is 5.09. The predicted molar refractivity (Wildman–Crippen MR) is 112 cm³/mol. The standard InChI is InChI=1S/C19H30N4.HI/c1-4-20-18(22-17-9-10-17)21-14-19(2,3)23-12-11-15-7-5-6-8-16(15)13-23;/h5-8,17H,4,9-14H2,1-3H3,(H2,20,21,22);1H. The molecule has 24 heavy (non-hydrogen) atoms. The van der Waals surface area contributed by atoms with Crippen LogP contribution in [0, 0.1) is 0 Å². The highest BCUT2D eigenvalue weighted by Crippen LogP contribution is 2.25. The molecule has 0 saturated heterocycles. The van der Waals surface area contributed by atoms with Gasteiger partial charge in [-0.2, -0.15) is 0 Å². The van der Waals surface area contributed by atoms with Crippen LogP contribution in [0.5, 0.6) is 0 Å². The highest BCUT2D eigenvalue weighted by Gasteiger charge is 2.30. The summed E-state index contributed by atoms with van der Waals surface area (Å²) in [6, 6.07) is 9.46. The normalized spacial score (nSPS) is 18.5. The first-order chi connectivity index (χ1) is 11.1. The van der Waals surface area contributed by atoms with E-state index >= 15 is 0 Å². The zero-order valence-electron chi connectivity index (χ0n) is 15.1. The second-order valence-electron chi connectivity index (χ2n) is 7.37. The number of rotatable bonds is 5. The number of hydrogen-bond acceptors (Lipinski definition) is 2. The Bertz CT molecular complexity index is 566. The van der Waals surface area contributed by atoms with Crippen LogP contribution in [0.1, 0.15) is 44.7 Å². The van der Waals surface area contributed by atoms with Crippen LogP contribution in [0.2, 0.25) is 0 Å². The van der Waals surface area contributed by atoms with Gasteiger partial charge in [-0.1, -0.05) is 24.3 Å². The van der Waals surface area contributed by atoms with Crippen LogP contribution >= 0.6 is 24.0 Å². The summed E-state index contributed by atoms with van der Waals surface area (Å²) in [5, 5.41) is 6.87. The molecule has 1 aromatic rings. The fraction of sp³-hybridized carbons (Fsp3) is 0.632. The van der Waals surface area contributed by atoms with Crippen molar-refractivity contribution in [3.05, 3.63) is 35.4 Å². The third-order valence-electron chi connectivity index (χ3n) is 4.87.